The van der Waals surface area contributed by atoms with Crippen LogP contribution in [0.1, 0.15) is 48.4 Å². The number of carbonyl (C=O) groups excluding carboxylic acids is 1. The number of fused-ring (bicyclic) bond motifs is 1. The molecule has 3 aliphatic rings. The van der Waals surface area contributed by atoms with E-state index in [1.807, 2.05) is 19.2 Å². The van der Waals surface area contributed by atoms with Gasteiger partial charge < -0.3 is 19.4 Å². The molecule has 0 radical (unpaired) electrons. The summed E-state index contributed by atoms with van der Waals surface area (Å²) in [6.45, 7) is 16.7. The van der Waals surface area contributed by atoms with E-state index in [1.54, 1.807) is 22.3 Å². The predicted molar refractivity (Wildman–Crippen MR) is 159 cm³/mol. The number of ether oxygens (including phenoxy) is 1. The zero-order valence-electron chi connectivity index (χ0n) is 25.1. The Kier molecular flexibility index (Phi) is 8.33. The van der Waals surface area contributed by atoms with Crippen molar-refractivity contribution in [1.82, 2.24) is 29.4 Å². The Morgan fingerprint density at radius 1 is 1.12 bits per heavy atom. The van der Waals surface area contributed by atoms with Gasteiger partial charge in [0.2, 0.25) is 5.95 Å². The molecule has 0 saturated carbocycles. The second-order valence-electron chi connectivity index (χ2n) is 12.5. The second kappa shape index (κ2) is 12.0. The number of nitrogens with one attached hydrogen (secondary N) is 1. The second-order valence-corrected chi connectivity index (χ2v) is 12.5. The molecule has 42 heavy (non-hydrogen) atoms. The van der Waals surface area contributed by atoms with Crippen LogP contribution in [0.15, 0.2) is 30.5 Å². The van der Waals surface area contributed by atoms with Crippen molar-refractivity contribution in [2.45, 2.75) is 45.7 Å². The number of aryl methyl sites for hydroxylation is 1. The van der Waals surface area contributed by atoms with Gasteiger partial charge in [-0.2, -0.15) is 4.39 Å². The standard InChI is InChI=1S/C32H42F2N6O2/c1-20(2)29(18-37-9-7-35-8-10-37)38-15-24(16-38)23-13-27(30-31(34)36-22(4)40(30)17-23)26-6-5-25(33)14-28(26)32(41)39-11-12-42-19-21(39)3/h5-6,13-14,17,20-21,24,29,35H,7-12,15-16,18-19H2,1-4H3/t21-,29+/m1/s1. The fourth-order valence-electron chi connectivity index (χ4n) is 6.77. The summed E-state index contributed by atoms with van der Waals surface area (Å²) in [7, 11) is 0. The summed E-state index contributed by atoms with van der Waals surface area (Å²) in [6, 6.07) is 6.54. The molecule has 226 valence electrons. The molecule has 1 aromatic carbocycles. The fraction of sp³-hybridized carbons (Fsp3) is 0.562. The van der Waals surface area contributed by atoms with Crippen molar-refractivity contribution >= 4 is 11.4 Å². The number of morpholine rings is 1. The number of piperazine rings is 1. The Hall–Kier alpha value is -2.92. The average molecular weight is 581 g/mol. The van der Waals surface area contributed by atoms with E-state index in [2.05, 4.69) is 33.9 Å². The van der Waals surface area contributed by atoms with Gasteiger partial charge in [-0.25, -0.2) is 9.37 Å². The van der Waals surface area contributed by atoms with Crippen molar-refractivity contribution in [2.24, 2.45) is 5.92 Å². The topological polar surface area (TPSA) is 65.4 Å². The number of aromatic nitrogens is 2. The van der Waals surface area contributed by atoms with Crippen molar-refractivity contribution in [3.8, 4) is 11.1 Å². The summed E-state index contributed by atoms with van der Waals surface area (Å²) in [5, 5.41) is 3.44. The molecule has 0 spiro atoms. The van der Waals surface area contributed by atoms with E-state index in [1.165, 1.54) is 12.1 Å². The first-order valence-corrected chi connectivity index (χ1v) is 15.2. The van der Waals surface area contributed by atoms with Crippen LogP contribution in [0.5, 0.6) is 0 Å². The minimum atomic E-state index is -0.595. The molecule has 2 aromatic heterocycles. The first-order chi connectivity index (χ1) is 20.2. The number of pyridine rings is 1. The van der Waals surface area contributed by atoms with Gasteiger partial charge in [0.25, 0.3) is 5.91 Å². The monoisotopic (exact) mass is 580 g/mol. The van der Waals surface area contributed by atoms with Crippen LogP contribution in [-0.2, 0) is 4.74 Å². The van der Waals surface area contributed by atoms with Crippen molar-refractivity contribution in [2.75, 3.05) is 65.6 Å². The van der Waals surface area contributed by atoms with Crippen molar-refractivity contribution in [3.63, 3.8) is 0 Å². The zero-order chi connectivity index (χ0) is 29.5. The molecule has 10 heteroatoms. The maximum Gasteiger partial charge on any atom is 0.254 e. The van der Waals surface area contributed by atoms with Gasteiger partial charge in [-0.3, -0.25) is 14.6 Å². The van der Waals surface area contributed by atoms with Crippen LogP contribution in [0.25, 0.3) is 16.6 Å². The molecule has 3 fully saturated rings. The normalized spacial score (nSPS) is 21.7. The van der Waals surface area contributed by atoms with Crippen LogP contribution in [0.4, 0.5) is 8.78 Å². The SMILES string of the molecule is Cc1nc(F)c2c(-c3ccc(F)cc3C(=O)N3CCOC[C@H]3C)cc(C3CN([C@@H](CN4CCNCC4)C(C)C)C3)cn12. The van der Waals surface area contributed by atoms with E-state index in [-0.39, 0.29) is 23.4 Å². The molecule has 1 amide bonds. The van der Waals surface area contributed by atoms with Gasteiger partial charge >= 0.3 is 0 Å². The van der Waals surface area contributed by atoms with Crippen molar-refractivity contribution in [1.29, 1.82) is 0 Å². The van der Waals surface area contributed by atoms with E-state index >= 15 is 4.39 Å². The van der Waals surface area contributed by atoms with E-state index in [0.717, 1.165) is 51.4 Å². The summed E-state index contributed by atoms with van der Waals surface area (Å²) in [5.41, 5.74) is 2.69. The van der Waals surface area contributed by atoms with Crippen LogP contribution in [-0.4, -0.2) is 108 Å². The highest BCUT2D eigenvalue weighted by molar-refractivity contribution is 6.03. The number of carbonyl (C=O) groups is 1. The largest absolute Gasteiger partial charge is 0.377 e. The maximum absolute atomic E-state index is 15.4. The first kappa shape index (κ1) is 29.2. The molecule has 0 bridgehead atoms. The molecule has 3 aromatic rings. The number of rotatable bonds is 7. The molecule has 1 N–H and O–H groups in total. The van der Waals surface area contributed by atoms with Crippen LogP contribution < -0.4 is 5.32 Å². The lowest BCUT2D eigenvalue weighted by Gasteiger charge is -2.48. The highest BCUT2D eigenvalue weighted by Crippen LogP contribution is 2.37. The maximum atomic E-state index is 15.4. The summed E-state index contributed by atoms with van der Waals surface area (Å²) in [5.74, 6) is -0.0393. The third-order valence-electron chi connectivity index (χ3n) is 9.29. The number of hydrogen-bond donors (Lipinski definition) is 1. The van der Waals surface area contributed by atoms with Gasteiger partial charge in [0.05, 0.1) is 24.8 Å². The highest BCUT2D eigenvalue weighted by Gasteiger charge is 2.37. The summed E-state index contributed by atoms with van der Waals surface area (Å²) in [6.07, 6.45) is 1.99. The number of benzene rings is 1. The van der Waals surface area contributed by atoms with Crippen LogP contribution >= 0.6 is 0 Å². The van der Waals surface area contributed by atoms with Gasteiger partial charge in [0.15, 0.2) is 0 Å². The summed E-state index contributed by atoms with van der Waals surface area (Å²) < 4.78 is 37.3. The lowest BCUT2D eigenvalue weighted by molar-refractivity contribution is 0.00361. The number of hydrogen-bond acceptors (Lipinski definition) is 6. The average Bonchev–Trinajstić information content (AvgIpc) is 3.24. The Morgan fingerprint density at radius 3 is 2.60 bits per heavy atom. The summed E-state index contributed by atoms with van der Waals surface area (Å²) >= 11 is 0. The first-order valence-electron chi connectivity index (χ1n) is 15.2. The van der Waals surface area contributed by atoms with Gasteiger partial charge in [-0.15, -0.1) is 0 Å². The van der Waals surface area contributed by atoms with Gasteiger partial charge in [0, 0.05) is 76.1 Å². The Morgan fingerprint density at radius 2 is 1.88 bits per heavy atom. The molecule has 3 aliphatic heterocycles. The van der Waals surface area contributed by atoms with Crippen molar-refractivity contribution < 1.29 is 18.3 Å². The van der Waals surface area contributed by atoms with E-state index < -0.39 is 11.8 Å². The number of imidazole rings is 1. The minimum Gasteiger partial charge on any atom is -0.377 e. The number of halogens is 2. The van der Waals surface area contributed by atoms with Crippen LogP contribution in [0.3, 0.4) is 0 Å². The lowest BCUT2D eigenvalue weighted by atomic mass is 9.86. The third kappa shape index (κ3) is 5.57. The van der Waals surface area contributed by atoms with E-state index in [0.29, 0.717) is 54.2 Å². The molecule has 0 unspecified atom stereocenters. The van der Waals surface area contributed by atoms with Crippen LogP contribution in [0.2, 0.25) is 0 Å². The lowest BCUT2D eigenvalue weighted by Crippen LogP contribution is -2.58. The Balaban J connectivity index is 1.34. The fourth-order valence-corrected chi connectivity index (χ4v) is 6.77. The molecule has 5 heterocycles. The predicted octanol–water partition coefficient (Wildman–Crippen LogP) is 3.78. The quantitative estimate of drug-likeness (QED) is 0.459. The van der Waals surface area contributed by atoms with Crippen molar-refractivity contribution in [3.05, 3.63) is 59.2 Å². The Labute approximate surface area is 246 Å². The Bertz CT molecular complexity index is 1450. The van der Waals surface area contributed by atoms with Gasteiger partial charge in [0.1, 0.15) is 17.2 Å². The molecule has 0 aliphatic carbocycles. The summed E-state index contributed by atoms with van der Waals surface area (Å²) in [4.78, 5) is 24.8. The van der Waals surface area contributed by atoms with E-state index in [4.69, 9.17) is 4.74 Å². The molecule has 3 saturated heterocycles. The zero-order valence-corrected chi connectivity index (χ0v) is 25.1. The molecular formula is C32H42F2N6O2. The minimum absolute atomic E-state index is 0.140. The molecular weight excluding hydrogens is 538 g/mol. The molecule has 2 atom stereocenters. The van der Waals surface area contributed by atoms with Gasteiger partial charge in [-0.05, 0) is 49.1 Å². The molecule has 8 nitrogen and oxygen atoms in total. The highest BCUT2D eigenvalue weighted by atomic mass is 19.1. The number of nitrogens with zero attached hydrogens (tertiary/aromatic N) is 5. The number of likely N-dealkylation sites (tertiary alicyclic amines) is 1. The smallest absolute Gasteiger partial charge is 0.254 e. The number of amides is 1. The third-order valence-corrected chi connectivity index (χ3v) is 9.29. The van der Waals surface area contributed by atoms with E-state index in [9.17, 15) is 9.18 Å². The molecule has 6 rings (SSSR count). The van der Waals surface area contributed by atoms with Gasteiger partial charge in [-0.1, -0.05) is 19.9 Å². The van der Waals surface area contributed by atoms with Crippen LogP contribution in [0, 0.1) is 24.6 Å².